The number of benzene rings is 1. The van der Waals surface area contributed by atoms with Crippen molar-refractivity contribution in [3.05, 3.63) is 34.9 Å². The highest BCUT2D eigenvalue weighted by Gasteiger charge is 2.07. The summed E-state index contributed by atoms with van der Waals surface area (Å²) in [6, 6.07) is 6.33. The van der Waals surface area contributed by atoms with Crippen LogP contribution in [0.1, 0.15) is 30.0 Å². The molecule has 2 nitrogen and oxygen atoms in total. The van der Waals surface area contributed by atoms with Gasteiger partial charge < -0.3 is 5.73 Å². The van der Waals surface area contributed by atoms with Gasteiger partial charge in [0.05, 0.1) is 0 Å². The Kier molecular flexibility index (Phi) is 5.16. The molecule has 0 spiro atoms. The molecule has 2 N–H and O–H groups in total. The van der Waals surface area contributed by atoms with Crippen LogP contribution in [0.3, 0.4) is 0 Å². The SMILES string of the molecule is Cc1cccc(C)c1CS(=O)CCC(C)N. The third kappa shape index (κ3) is 4.06. The molecule has 90 valence electrons. The molecule has 0 aliphatic heterocycles. The first-order chi connectivity index (χ1) is 7.50. The van der Waals surface area contributed by atoms with Crippen LogP contribution in [0, 0.1) is 13.8 Å². The summed E-state index contributed by atoms with van der Waals surface area (Å²) < 4.78 is 11.9. The third-order valence-corrected chi connectivity index (χ3v) is 4.05. The topological polar surface area (TPSA) is 43.1 Å². The lowest BCUT2D eigenvalue weighted by Crippen LogP contribution is -2.18. The third-order valence-electron chi connectivity index (χ3n) is 2.75. The molecule has 0 aliphatic rings. The van der Waals surface area contributed by atoms with Crippen LogP contribution >= 0.6 is 0 Å². The zero-order valence-corrected chi connectivity index (χ0v) is 11.1. The lowest BCUT2D eigenvalue weighted by atomic mass is 10.1. The molecule has 0 aliphatic carbocycles. The minimum atomic E-state index is -0.792. The molecule has 0 radical (unpaired) electrons. The first-order valence-corrected chi connectivity index (χ1v) is 7.15. The Balaban J connectivity index is 2.63. The van der Waals surface area contributed by atoms with Crippen molar-refractivity contribution in [3.63, 3.8) is 0 Å². The lowest BCUT2D eigenvalue weighted by Gasteiger charge is -2.10. The van der Waals surface area contributed by atoms with E-state index in [1.165, 1.54) is 16.7 Å². The predicted octanol–water partition coefficient (Wildman–Crippen LogP) is 2.29. The number of rotatable bonds is 5. The van der Waals surface area contributed by atoms with Gasteiger partial charge in [0.15, 0.2) is 0 Å². The van der Waals surface area contributed by atoms with E-state index in [1.807, 2.05) is 13.0 Å². The Morgan fingerprint density at radius 2 is 1.88 bits per heavy atom. The van der Waals surface area contributed by atoms with Crippen LogP contribution in [0.25, 0.3) is 0 Å². The normalized spacial score (nSPS) is 14.8. The van der Waals surface area contributed by atoms with E-state index in [1.54, 1.807) is 0 Å². The number of aryl methyl sites for hydroxylation is 2. The van der Waals surface area contributed by atoms with Gasteiger partial charge in [0.25, 0.3) is 0 Å². The van der Waals surface area contributed by atoms with Crippen LogP contribution < -0.4 is 5.73 Å². The highest BCUT2D eigenvalue weighted by molar-refractivity contribution is 7.84. The highest BCUT2D eigenvalue weighted by Crippen LogP contribution is 2.15. The summed E-state index contributed by atoms with van der Waals surface area (Å²) in [6.45, 7) is 6.10. The maximum atomic E-state index is 11.9. The van der Waals surface area contributed by atoms with Crippen LogP contribution in [0.15, 0.2) is 18.2 Å². The van der Waals surface area contributed by atoms with Crippen LogP contribution in [0.2, 0.25) is 0 Å². The molecule has 1 aromatic carbocycles. The van der Waals surface area contributed by atoms with Crippen molar-refractivity contribution in [2.75, 3.05) is 5.75 Å². The molecule has 0 fully saturated rings. The molecule has 0 amide bonds. The summed E-state index contributed by atoms with van der Waals surface area (Å²) >= 11 is 0. The standard InChI is InChI=1S/C13H21NOS/c1-10-5-4-6-11(2)13(10)9-16(15)8-7-12(3)14/h4-6,12H,7-9,14H2,1-3H3. The second-order valence-corrected chi connectivity index (χ2v) is 6.00. The Bertz CT molecular complexity index is 354. The Morgan fingerprint density at radius 1 is 1.31 bits per heavy atom. The van der Waals surface area contributed by atoms with Crippen molar-refractivity contribution in [2.45, 2.75) is 39.0 Å². The average molecular weight is 239 g/mol. The van der Waals surface area contributed by atoms with Crippen molar-refractivity contribution in [2.24, 2.45) is 5.73 Å². The quantitative estimate of drug-likeness (QED) is 0.856. The van der Waals surface area contributed by atoms with Crippen molar-refractivity contribution >= 4 is 10.8 Å². The fraction of sp³-hybridized carbons (Fsp3) is 0.538. The van der Waals surface area contributed by atoms with Crippen LogP contribution in [0.4, 0.5) is 0 Å². The van der Waals surface area contributed by atoms with Crippen LogP contribution in [-0.4, -0.2) is 16.0 Å². The summed E-state index contributed by atoms with van der Waals surface area (Å²) in [4.78, 5) is 0. The van der Waals surface area contributed by atoms with Gasteiger partial charge in [-0.25, -0.2) is 0 Å². The first kappa shape index (κ1) is 13.4. The van der Waals surface area contributed by atoms with Gasteiger partial charge in [-0.3, -0.25) is 4.21 Å². The number of nitrogens with two attached hydrogens (primary N) is 1. The predicted molar refractivity (Wildman–Crippen MR) is 70.9 cm³/mol. The number of hydrogen-bond acceptors (Lipinski definition) is 2. The van der Waals surface area contributed by atoms with E-state index < -0.39 is 10.8 Å². The van der Waals surface area contributed by atoms with E-state index in [2.05, 4.69) is 26.0 Å². The minimum absolute atomic E-state index is 0.141. The summed E-state index contributed by atoms with van der Waals surface area (Å²) in [5.41, 5.74) is 9.35. The summed E-state index contributed by atoms with van der Waals surface area (Å²) in [5.74, 6) is 1.36. The molecule has 0 aromatic heterocycles. The molecule has 0 bridgehead atoms. The largest absolute Gasteiger partial charge is 0.328 e. The van der Waals surface area contributed by atoms with Crippen LogP contribution in [-0.2, 0) is 16.6 Å². The van der Waals surface area contributed by atoms with Gasteiger partial charge in [0.2, 0.25) is 0 Å². The molecule has 1 aromatic rings. The van der Waals surface area contributed by atoms with Gasteiger partial charge in [0, 0.05) is 28.3 Å². The van der Waals surface area contributed by atoms with Gasteiger partial charge in [-0.1, -0.05) is 18.2 Å². The van der Waals surface area contributed by atoms with Gasteiger partial charge in [0.1, 0.15) is 0 Å². The van der Waals surface area contributed by atoms with Gasteiger partial charge in [-0.2, -0.15) is 0 Å². The number of hydrogen-bond donors (Lipinski definition) is 1. The van der Waals surface area contributed by atoms with Crippen molar-refractivity contribution < 1.29 is 4.21 Å². The molecule has 3 heteroatoms. The van der Waals surface area contributed by atoms with E-state index >= 15 is 0 Å². The van der Waals surface area contributed by atoms with E-state index in [4.69, 9.17) is 5.73 Å². The van der Waals surface area contributed by atoms with Gasteiger partial charge >= 0.3 is 0 Å². The Hall–Kier alpha value is -0.670. The van der Waals surface area contributed by atoms with Gasteiger partial charge in [-0.15, -0.1) is 0 Å². The Labute approximate surface area is 101 Å². The first-order valence-electron chi connectivity index (χ1n) is 5.66. The monoisotopic (exact) mass is 239 g/mol. The maximum Gasteiger partial charge on any atom is 0.0490 e. The fourth-order valence-electron chi connectivity index (χ4n) is 1.63. The molecule has 0 saturated heterocycles. The molecule has 2 unspecified atom stereocenters. The van der Waals surface area contributed by atoms with E-state index in [0.717, 1.165) is 6.42 Å². The van der Waals surface area contributed by atoms with Crippen molar-refractivity contribution in [3.8, 4) is 0 Å². The summed E-state index contributed by atoms with van der Waals surface area (Å²) in [6.07, 6.45) is 0.831. The van der Waals surface area contributed by atoms with Crippen molar-refractivity contribution in [1.29, 1.82) is 0 Å². The zero-order chi connectivity index (χ0) is 12.1. The zero-order valence-electron chi connectivity index (χ0n) is 10.3. The smallest absolute Gasteiger partial charge is 0.0490 e. The molecular formula is C13H21NOS. The molecule has 1 rings (SSSR count). The fourth-order valence-corrected chi connectivity index (χ4v) is 3.18. The van der Waals surface area contributed by atoms with E-state index in [-0.39, 0.29) is 6.04 Å². The van der Waals surface area contributed by atoms with Gasteiger partial charge in [-0.05, 0) is 43.9 Å². The van der Waals surface area contributed by atoms with E-state index in [9.17, 15) is 4.21 Å². The van der Waals surface area contributed by atoms with Crippen molar-refractivity contribution in [1.82, 2.24) is 0 Å². The van der Waals surface area contributed by atoms with Crippen LogP contribution in [0.5, 0.6) is 0 Å². The molecule has 0 heterocycles. The van der Waals surface area contributed by atoms with E-state index in [0.29, 0.717) is 11.5 Å². The Morgan fingerprint density at radius 3 is 2.38 bits per heavy atom. The highest BCUT2D eigenvalue weighted by atomic mass is 32.2. The average Bonchev–Trinajstić information content (AvgIpc) is 2.21. The molecule has 2 atom stereocenters. The minimum Gasteiger partial charge on any atom is -0.328 e. The molecular weight excluding hydrogens is 218 g/mol. The second kappa shape index (κ2) is 6.16. The second-order valence-electron chi connectivity index (χ2n) is 4.42. The molecule has 16 heavy (non-hydrogen) atoms. The maximum absolute atomic E-state index is 11.9. The summed E-state index contributed by atoms with van der Waals surface area (Å²) in [7, 11) is -0.792. The summed E-state index contributed by atoms with van der Waals surface area (Å²) in [5, 5.41) is 0. The molecule has 0 saturated carbocycles. The lowest BCUT2D eigenvalue weighted by molar-refractivity contribution is 0.667.